The lowest BCUT2D eigenvalue weighted by atomic mass is 10.1. The van der Waals surface area contributed by atoms with Gasteiger partial charge >= 0.3 is 0 Å². The van der Waals surface area contributed by atoms with Crippen LogP contribution in [0.2, 0.25) is 0 Å². The van der Waals surface area contributed by atoms with Crippen LogP contribution in [0.15, 0.2) is 35.4 Å². The van der Waals surface area contributed by atoms with E-state index in [-0.39, 0.29) is 29.5 Å². The molecule has 9 heteroatoms. The Morgan fingerprint density at radius 2 is 1.96 bits per heavy atom. The number of halogens is 2. The average molecular weight is 321 g/mol. The van der Waals surface area contributed by atoms with Gasteiger partial charge in [-0.05, 0) is 18.2 Å². The first-order valence-corrected chi connectivity index (χ1v) is 6.37. The second kappa shape index (κ2) is 5.87. The number of benzene rings is 2. The predicted octanol–water partition coefficient (Wildman–Crippen LogP) is 3.05. The second-order valence-electron chi connectivity index (χ2n) is 4.52. The molecule has 7 nitrogen and oxygen atoms in total. The molecule has 0 radical (unpaired) electrons. The zero-order valence-corrected chi connectivity index (χ0v) is 11.5. The van der Waals surface area contributed by atoms with Gasteiger partial charge in [0.1, 0.15) is 5.82 Å². The van der Waals surface area contributed by atoms with Gasteiger partial charge in [-0.1, -0.05) is 0 Å². The largest absolute Gasteiger partial charge is 0.454 e. The molecule has 0 aromatic heterocycles. The summed E-state index contributed by atoms with van der Waals surface area (Å²) in [6.45, 7) is -0.0217. The van der Waals surface area contributed by atoms with E-state index >= 15 is 0 Å². The van der Waals surface area contributed by atoms with Crippen LogP contribution in [0.25, 0.3) is 0 Å². The molecule has 0 aliphatic carbocycles. The Morgan fingerprint density at radius 3 is 2.65 bits per heavy atom. The lowest BCUT2D eigenvalue weighted by molar-refractivity contribution is -0.385. The molecule has 118 valence electrons. The van der Waals surface area contributed by atoms with Gasteiger partial charge in [-0.25, -0.2) is 8.78 Å². The molecule has 1 N–H and O–H groups in total. The van der Waals surface area contributed by atoms with E-state index < -0.39 is 16.6 Å². The number of hydrogen-bond acceptors (Lipinski definition) is 6. The number of hydrazone groups is 1. The highest BCUT2D eigenvalue weighted by atomic mass is 19.1. The lowest BCUT2D eigenvalue weighted by Crippen LogP contribution is -1.98. The van der Waals surface area contributed by atoms with Crippen LogP contribution in [0, 0.1) is 21.7 Å². The van der Waals surface area contributed by atoms with Crippen molar-refractivity contribution in [2.75, 3.05) is 12.2 Å². The van der Waals surface area contributed by atoms with Crippen LogP contribution in [0.1, 0.15) is 5.56 Å². The standard InChI is InChI=1S/C14H9F2N3O4/c15-9-1-2-11(10(16)4-9)18-17-6-8-3-13-14(23-7-22-13)5-12(8)19(20)21/h1-6,18H,7H2/b17-6+. The number of ether oxygens (including phenoxy) is 2. The first-order chi connectivity index (χ1) is 11.0. The summed E-state index contributed by atoms with van der Waals surface area (Å²) in [7, 11) is 0. The predicted molar refractivity (Wildman–Crippen MR) is 76.8 cm³/mol. The maximum absolute atomic E-state index is 13.4. The summed E-state index contributed by atoms with van der Waals surface area (Å²) in [5.41, 5.74) is 2.20. The number of fused-ring (bicyclic) bond motifs is 1. The first-order valence-electron chi connectivity index (χ1n) is 6.37. The molecular formula is C14H9F2N3O4. The second-order valence-corrected chi connectivity index (χ2v) is 4.52. The lowest BCUT2D eigenvalue weighted by Gasteiger charge is -2.03. The SMILES string of the molecule is O=[N+]([O-])c1cc2c(cc1/C=N/Nc1ccc(F)cc1F)OCO2. The fourth-order valence-corrected chi connectivity index (χ4v) is 1.96. The van der Waals surface area contributed by atoms with Crippen LogP contribution in [0.5, 0.6) is 11.5 Å². The molecule has 0 saturated carbocycles. The van der Waals surface area contributed by atoms with E-state index in [1.807, 2.05) is 0 Å². The molecule has 2 aromatic rings. The summed E-state index contributed by atoms with van der Waals surface area (Å²) in [4.78, 5) is 10.5. The third-order valence-electron chi connectivity index (χ3n) is 3.04. The minimum atomic E-state index is -0.831. The van der Waals surface area contributed by atoms with Crippen molar-refractivity contribution < 1.29 is 23.2 Å². The van der Waals surface area contributed by atoms with E-state index in [1.165, 1.54) is 12.1 Å². The van der Waals surface area contributed by atoms with Crippen LogP contribution in [-0.2, 0) is 0 Å². The van der Waals surface area contributed by atoms with Crippen molar-refractivity contribution in [3.05, 3.63) is 57.6 Å². The summed E-state index contributed by atoms with van der Waals surface area (Å²) in [6, 6.07) is 5.54. The molecule has 0 fully saturated rings. The maximum atomic E-state index is 13.4. The van der Waals surface area contributed by atoms with Crippen LogP contribution >= 0.6 is 0 Å². The van der Waals surface area contributed by atoms with Crippen molar-refractivity contribution in [2.45, 2.75) is 0 Å². The van der Waals surface area contributed by atoms with Crippen molar-refractivity contribution >= 4 is 17.6 Å². The quantitative estimate of drug-likeness (QED) is 0.531. The van der Waals surface area contributed by atoms with E-state index in [0.717, 1.165) is 18.3 Å². The molecule has 1 heterocycles. The smallest absolute Gasteiger partial charge is 0.282 e. The first kappa shape index (κ1) is 14.7. The van der Waals surface area contributed by atoms with Crippen molar-refractivity contribution in [3.63, 3.8) is 0 Å². The summed E-state index contributed by atoms with van der Waals surface area (Å²) >= 11 is 0. The van der Waals surface area contributed by atoms with Crippen LogP contribution in [0.4, 0.5) is 20.2 Å². The van der Waals surface area contributed by atoms with Crippen LogP contribution in [-0.4, -0.2) is 17.9 Å². The maximum Gasteiger partial charge on any atom is 0.282 e. The fourth-order valence-electron chi connectivity index (χ4n) is 1.96. The highest BCUT2D eigenvalue weighted by molar-refractivity contribution is 5.87. The normalized spacial score (nSPS) is 12.6. The number of nitro benzene ring substituents is 1. The number of rotatable bonds is 4. The zero-order chi connectivity index (χ0) is 16.4. The average Bonchev–Trinajstić information content (AvgIpc) is 2.95. The summed E-state index contributed by atoms with van der Waals surface area (Å²) in [5, 5.41) is 14.8. The van der Waals surface area contributed by atoms with Gasteiger partial charge in [0.05, 0.1) is 28.5 Å². The monoisotopic (exact) mass is 321 g/mol. The minimum Gasteiger partial charge on any atom is -0.454 e. The molecule has 23 heavy (non-hydrogen) atoms. The van der Waals surface area contributed by atoms with Crippen molar-refractivity contribution in [1.82, 2.24) is 0 Å². The molecule has 3 rings (SSSR count). The van der Waals surface area contributed by atoms with Gasteiger partial charge in [-0.15, -0.1) is 0 Å². The van der Waals surface area contributed by atoms with Gasteiger partial charge in [0.15, 0.2) is 17.3 Å². The molecule has 1 aliphatic rings. The van der Waals surface area contributed by atoms with Gasteiger partial charge in [0, 0.05) is 6.07 Å². The van der Waals surface area contributed by atoms with Gasteiger partial charge in [-0.3, -0.25) is 15.5 Å². The van der Waals surface area contributed by atoms with Crippen LogP contribution < -0.4 is 14.9 Å². The van der Waals surface area contributed by atoms with Gasteiger partial charge in [-0.2, -0.15) is 5.10 Å². The Bertz CT molecular complexity index is 811. The molecular weight excluding hydrogens is 312 g/mol. The Labute approximate surface area is 128 Å². The number of nitrogens with zero attached hydrogens (tertiary/aromatic N) is 2. The van der Waals surface area contributed by atoms with E-state index in [0.29, 0.717) is 11.8 Å². The summed E-state index contributed by atoms with van der Waals surface area (Å²) < 4.78 is 36.5. The van der Waals surface area contributed by atoms with Crippen molar-refractivity contribution in [1.29, 1.82) is 0 Å². The fraction of sp³-hybridized carbons (Fsp3) is 0.0714. The van der Waals surface area contributed by atoms with E-state index in [1.54, 1.807) is 0 Å². The van der Waals surface area contributed by atoms with Crippen molar-refractivity contribution in [2.24, 2.45) is 5.10 Å². The van der Waals surface area contributed by atoms with Gasteiger partial charge < -0.3 is 9.47 Å². The highest BCUT2D eigenvalue weighted by Gasteiger charge is 2.22. The zero-order valence-electron chi connectivity index (χ0n) is 11.5. The summed E-state index contributed by atoms with van der Waals surface area (Å²) in [5.74, 6) is -0.929. The number of nitro groups is 1. The third-order valence-corrected chi connectivity index (χ3v) is 3.04. The van der Waals surface area contributed by atoms with E-state index in [9.17, 15) is 18.9 Å². The topological polar surface area (TPSA) is 86.0 Å². The minimum absolute atomic E-state index is 0.0217. The Balaban J connectivity index is 1.85. The number of nitrogens with one attached hydrogen (secondary N) is 1. The molecule has 0 unspecified atom stereocenters. The Morgan fingerprint density at radius 1 is 1.22 bits per heavy atom. The molecule has 2 aromatic carbocycles. The third kappa shape index (κ3) is 3.03. The van der Waals surface area contributed by atoms with Crippen LogP contribution in [0.3, 0.4) is 0 Å². The van der Waals surface area contributed by atoms with E-state index in [2.05, 4.69) is 10.5 Å². The van der Waals surface area contributed by atoms with Gasteiger partial charge in [0.2, 0.25) is 6.79 Å². The van der Waals surface area contributed by atoms with Crippen molar-refractivity contribution in [3.8, 4) is 11.5 Å². The molecule has 0 spiro atoms. The molecule has 1 aliphatic heterocycles. The Hall–Kier alpha value is -3.23. The molecule has 0 atom stereocenters. The highest BCUT2D eigenvalue weighted by Crippen LogP contribution is 2.37. The molecule has 0 amide bonds. The Kier molecular flexibility index (Phi) is 3.75. The number of hydrogen-bond donors (Lipinski definition) is 1. The number of anilines is 1. The summed E-state index contributed by atoms with van der Waals surface area (Å²) in [6.07, 6.45) is 1.14. The van der Waals surface area contributed by atoms with E-state index in [4.69, 9.17) is 9.47 Å². The molecule has 0 saturated heterocycles. The molecule has 0 bridgehead atoms. The van der Waals surface area contributed by atoms with Gasteiger partial charge in [0.25, 0.3) is 5.69 Å².